The fourth-order valence-electron chi connectivity index (χ4n) is 1.72. The monoisotopic (exact) mass is 234 g/mol. The van der Waals surface area contributed by atoms with E-state index in [1.807, 2.05) is 24.4 Å². The first kappa shape index (κ1) is 11.1. The highest BCUT2D eigenvalue weighted by atomic mass is 32.1. The molecule has 2 rings (SSSR count). The van der Waals surface area contributed by atoms with Gasteiger partial charge in [0.1, 0.15) is 0 Å². The van der Waals surface area contributed by atoms with Crippen molar-refractivity contribution in [1.29, 1.82) is 0 Å². The Kier molecular flexibility index (Phi) is 3.19. The zero-order valence-electron chi connectivity index (χ0n) is 9.10. The molecule has 0 aliphatic rings. The molecule has 0 saturated heterocycles. The van der Waals surface area contributed by atoms with Gasteiger partial charge in [-0.1, -0.05) is 30.8 Å². The van der Waals surface area contributed by atoms with Crippen LogP contribution in [0.5, 0.6) is 0 Å². The van der Waals surface area contributed by atoms with Crippen LogP contribution >= 0.6 is 12.6 Å². The van der Waals surface area contributed by atoms with Crippen LogP contribution in [0.1, 0.15) is 5.56 Å². The van der Waals surface area contributed by atoms with E-state index in [-0.39, 0.29) is 5.24 Å². The average molecular weight is 234 g/mol. The summed E-state index contributed by atoms with van der Waals surface area (Å²) >= 11 is 3.78. The van der Waals surface area contributed by atoms with Gasteiger partial charge in [0, 0.05) is 30.7 Å². The first-order chi connectivity index (χ1) is 7.68. The van der Waals surface area contributed by atoms with E-state index in [1.54, 1.807) is 11.9 Å². The highest BCUT2D eigenvalue weighted by Crippen LogP contribution is 2.18. The van der Waals surface area contributed by atoms with Crippen molar-refractivity contribution >= 4 is 28.8 Å². The molecule has 2 aromatic rings. The van der Waals surface area contributed by atoms with Crippen LogP contribution < -0.4 is 0 Å². The standard InChI is InChI=1S/C12H14N2OS/c1-14(12(15)16)7-6-9-8-13-11-5-3-2-4-10(9)11/h2-5,8,13H,6-7H2,1H3,(H,15,16). The third kappa shape index (κ3) is 2.22. The smallest absolute Gasteiger partial charge is 0.278 e. The van der Waals surface area contributed by atoms with Gasteiger partial charge in [0.15, 0.2) is 0 Å². The van der Waals surface area contributed by atoms with Gasteiger partial charge in [0.05, 0.1) is 0 Å². The molecule has 1 heterocycles. The van der Waals surface area contributed by atoms with Crippen LogP contribution in [0.4, 0.5) is 4.79 Å². The Labute approximate surface area is 99.9 Å². The summed E-state index contributed by atoms with van der Waals surface area (Å²) in [6.07, 6.45) is 2.84. The second kappa shape index (κ2) is 4.61. The van der Waals surface area contributed by atoms with E-state index in [0.717, 1.165) is 11.9 Å². The summed E-state index contributed by atoms with van der Waals surface area (Å²) in [6, 6.07) is 8.16. The van der Waals surface area contributed by atoms with Gasteiger partial charge in [-0.25, -0.2) is 0 Å². The highest BCUT2D eigenvalue weighted by molar-refractivity contribution is 7.96. The first-order valence-corrected chi connectivity index (χ1v) is 5.62. The number of rotatable bonds is 3. The van der Waals surface area contributed by atoms with E-state index < -0.39 is 0 Å². The van der Waals surface area contributed by atoms with Crippen molar-refractivity contribution in [2.24, 2.45) is 0 Å². The molecule has 1 aromatic carbocycles. The molecule has 1 amide bonds. The minimum absolute atomic E-state index is 0.195. The second-order valence-corrected chi connectivity index (χ2v) is 4.20. The van der Waals surface area contributed by atoms with Gasteiger partial charge in [0.25, 0.3) is 5.24 Å². The molecule has 16 heavy (non-hydrogen) atoms. The van der Waals surface area contributed by atoms with Crippen LogP contribution in [0.25, 0.3) is 10.9 Å². The molecule has 3 nitrogen and oxygen atoms in total. The molecule has 1 aromatic heterocycles. The number of carbonyl (C=O) groups is 1. The number of H-pyrrole nitrogens is 1. The molecule has 4 heteroatoms. The van der Waals surface area contributed by atoms with Gasteiger partial charge >= 0.3 is 0 Å². The molecule has 0 atom stereocenters. The zero-order valence-corrected chi connectivity index (χ0v) is 10.00. The number of carbonyl (C=O) groups excluding carboxylic acids is 1. The molecule has 0 radical (unpaired) electrons. The summed E-state index contributed by atoms with van der Waals surface area (Å²) in [5.74, 6) is 0. The molecule has 0 aliphatic carbocycles. The Bertz CT molecular complexity index is 506. The van der Waals surface area contributed by atoms with E-state index in [1.165, 1.54) is 10.9 Å². The van der Waals surface area contributed by atoms with Gasteiger partial charge in [-0.15, -0.1) is 0 Å². The van der Waals surface area contributed by atoms with Crippen molar-refractivity contribution in [1.82, 2.24) is 9.88 Å². The van der Waals surface area contributed by atoms with Crippen molar-refractivity contribution in [2.45, 2.75) is 6.42 Å². The van der Waals surface area contributed by atoms with Crippen LogP contribution in [-0.2, 0) is 6.42 Å². The minimum atomic E-state index is -0.195. The molecular formula is C12H14N2OS. The lowest BCUT2D eigenvalue weighted by Gasteiger charge is -2.12. The molecule has 0 fully saturated rings. The number of aromatic nitrogens is 1. The van der Waals surface area contributed by atoms with Crippen LogP contribution in [-0.4, -0.2) is 28.7 Å². The maximum absolute atomic E-state index is 10.9. The van der Waals surface area contributed by atoms with E-state index >= 15 is 0 Å². The Morgan fingerprint density at radius 3 is 2.94 bits per heavy atom. The van der Waals surface area contributed by atoms with E-state index in [2.05, 4.69) is 23.7 Å². The largest absolute Gasteiger partial charge is 0.361 e. The number of likely N-dealkylation sites (N-methyl/N-ethyl adjacent to an activating group) is 1. The third-order valence-electron chi connectivity index (χ3n) is 2.72. The number of amides is 1. The number of aromatic amines is 1. The quantitative estimate of drug-likeness (QED) is 0.787. The lowest BCUT2D eigenvalue weighted by molar-refractivity contribution is 0.234. The van der Waals surface area contributed by atoms with Crippen molar-refractivity contribution in [3.05, 3.63) is 36.0 Å². The number of thiol groups is 1. The number of nitrogens with zero attached hydrogens (tertiary/aromatic N) is 1. The number of hydrogen-bond acceptors (Lipinski definition) is 1. The zero-order chi connectivity index (χ0) is 11.5. The normalized spacial score (nSPS) is 10.6. The molecule has 84 valence electrons. The predicted molar refractivity (Wildman–Crippen MR) is 69.0 cm³/mol. The molecule has 0 saturated carbocycles. The van der Waals surface area contributed by atoms with E-state index in [9.17, 15) is 4.79 Å². The summed E-state index contributed by atoms with van der Waals surface area (Å²) in [5.41, 5.74) is 2.37. The third-order valence-corrected chi connectivity index (χ3v) is 3.06. The molecule has 0 spiro atoms. The summed E-state index contributed by atoms with van der Waals surface area (Å²) in [5, 5.41) is 1.03. The van der Waals surface area contributed by atoms with Gasteiger partial charge in [-0.05, 0) is 18.1 Å². The summed E-state index contributed by atoms with van der Waals surface area (Å²) in [7, 11) is 1.75. The predicted octanol–water partition coefficient (Wildman–Crippen LogP) is 2.69. The van der Waals surface area contributed by atoms with Gasteiger partial charge in [0.2, 0.25) is 0 Å². The average Bonchev–Trinajstić information content (AvgIpc) is 2.69. The lowest BCUT2D eigenvalue weighted by atomic mass is 10.1. The van der Waals surface area contributed by atoms with Crippen molar-refractivity contribution < 1.29 is 4.79 Å². The van der Waals surface area contributed by atoms with Crippen molar-refractivity contribution in [3.63, 3.8) is 0 Å². The first-order valence-electron chi connectivity index (χ1n) is 5.17. The summed E-state index contributed by atoms with van der Waals surface area (Å²) in [6.45, 7) is 0.685. The number of hydrogen-bond donors (Lipinski definition) is 2. The lowest BCUT2D eigenvalue weighted by Crippen LogP contribution is -2.23. The van der Waals surface area contributed by atoms with Gasteiger partial charge < -0.3 is 9.88 Å². The Morgan fingerprint density at radius 1 is 1.44 bits per heavy atom. The van der Waals surface area contributed by atoms with Crippen molar-refractivity contribution in [3.8, 4) is 0 Å². The fraction of sp³-hybridized carbons (Fsp3) is 0.250. The maximum atomic E-state index is 10.9. The maximum Gasteiger partial charge on any atom is 0.278 e. The highest BCUT2D eigenvalue weighted by Gasteiger charge is 2.06. The number of para-hydroxylation sites is 1. The number of benzene rings is 1. The number of nitrogens with one attached hydrogen (secondary N) is 1. The minimum Gasteiger partial charge on any atom is -0.361 e. The van der Waals surface area contributed by atoms with Crippen molar-refractivity contribution in [2.75, 3.05) is 13.6 Å². The Morgan fingerprint density at radius 2 is 2.19 bits per heavy atom. The van der Waals surface area contributed by atoms with Crippen LogP contribution in [0, 0.1) is 0 Å². The molecule has 0 bridgehead atoms. The fourth-order valence-corrected chi connectivity index (χ4v) is 1.82. The molecule has 0 unspecified atom stereocenters. The van der Waals surface area contributed by atoms with E-state index in [4.69, 9.17) is 0 Å². The Balaban J connectivity index is 2.13. The Hall–Kier alpha value is -1.42. The number of fused-ring (bicyclic) bond motifs is 1. The second-order valence-electron chi connectivity index (χ2n) is 3.81. The van der Waals surface area contributed by atoms with E-state index in [0.29, 0.717) is 6.54 Å². The molecule has 1 N–H and O–H groups in total. The van der Waals surface area contributed by atoms with Gasteiger partial charge in [-0.2, -0.15) is 0 Å². The summed E-state index contributed by atoms with van der Waals surface area (Å²) < 4.78 is 0. The SMILES string of the molecule is CN(CCc1c[nH]c2ccccc12)C(=O)S. The molecule has 0 aliphatic heterocycles. The topological polar surface area (TPSA) is 36.1 Å². The summed E-state index contributed by atoms with van der Waals surface area (Å²) in [4.78, 5) is 15.8. The van der Waals surface area contributed by atoms with Crippen LogP contribution in [0.15, 0.2) is 30.5 Å². The van der Waals surface area contributed by atoms with Gasteiger partial charge in [-0.3, -0.25) is 4.79 Å². The molecular weight excluding hydrogens is 220 g/mol. The van der Waals surface area contributed by atoms with Crippen LogP contribution in [0.2, 0.25) is 0 Å². The van der Waals surface area contributed by atoms with Crippen LogP contribution in [0.3, 0.4) is 0 Å².